The summed E-state index contributed by atoms with van der Waals surface area (Å²) in [4.78, 5) is 12.2. The first-order valence-electron chi connectivity index (χ1n) is 11.0. The maximum absolute atomic E-state index is 12.2. The largest absolute Gasteiger partial charge is 0.494 e. The Kier molecular flexibility index (Phi) is 8.48. The molecule has 1 amide bonds. The Hall–Kier alpha value is -1.70. The van der Waals surface area contributed by atoms with Crippen LogP contribution in [0.15, 0.2) is 36.4 Å². The Morgan fingerprint density at radius 3 is 2.29 bits per heavy atom. The topological polar surface area (TPSA) is 56.8 Å². The van der Waals surface area contributed by atoms with Gasteiger partial charge in [-0.25, -0.2) is 0 Å². The van der Waals surface area contributed by atoms with Gasteiger partial charge in [0.1, 0.15) is 5.75 Å². The Bertz CT molecular complexity index is 886. The molecule has 0 bridgehead atoms. The van der Waals surface area contributed by atoms with E-state index in [0.29, 0.717) is 5.75 Å². The minimum absolute atomic E-state index is 0. The van der Waals surface area contributed by atoms with Gasteiger partial charge < -0.3 is 19.4 Å². The summed E-state index contributed by atoms with van der Waals surface area (Å²) in [6, 6.07) is 12.2. The van der Waals surface area contributed by atoms with E-state index < -0.39 is 7.12 Å². The van der Waals surface area contributed by atoms with Crippen LogP contribution in [0.4, 0.5) is 0 Å². The number of carbonyl (C=O) groups is 1. The average Bonchev–Trinajstić information content (AvgIpc) is 2.92. The fraction of sp³-hybridized carbons (Fsp3) is 0.542. The van der Waals surface area contributed by atoms with Crippen molar-refractivity contribution < 1.29 is 18.8 Å². The van der Waals surface area contributed by atoms with Crippen LogP contribution in [0.3, 0.4) is 0 Å². The lowest BCUT2D eigenvalue weighted by Gasteiger charge is -2.32. The molecule has 1 aliphatic rings. The number of ether oxygens (including phenoxy) is 1. The molecule has 1 N–H and O–H groups in total. The van der Waals surface area contributed by atoms with E-state index in [4.69, 9.17) is 14.0 Å². The van der Waals surface area contributed by atoms with Gasteiger partial charge in [-0.15, -0.1) is 0 Å². The summed E-state index contributed by atoms with van der Waals surface area (Å²) in [6.45, 7) is 12.4. The molecule has 170 valence electrons. The van der Waals surface area contributed by atoms with Gasteiger partial charge >= 0.3 is 7.12 Å². The molecule has 0 aromatic heterocycles. The van der Waals surface area contributed by atoms with Gasteiger partial charge in [-0.1, -0.05) is 44.5 Å². The van der Waals surface area contributed by atoms with Crippen LogP contribution in [-0.4, -0.2) is 36.9 Å². The van der Waals surface area contributed by atoms with Crippen molar-refractivity contribution in [2.24, 2.45) is 0 Å². The Morgan fingerprint density at radius 1 is 1.03 bits per heavy atom. The molecule has 1 atom stereocenters. The number of carbonyl (C=O) groups excluding carboxylic acids is 1. The number of benzene rings is 2. The summed E-state index contributed by atoms with van der Waals surface area (Å²) in [7, 11) is -0.403. The van der Waals surface area contributed by atoms with E-state index in [1.807, 2.05) is 24.3 Å². The zero-order valence-electron chi connectivity index (χ0n) is 19.6. The van der Waals surface area contributed by atoms with Gasteiger partial charge in [0.15, 0.2) is 6.61 Å². The third-order valence-electron chi connectivity index (χ3n) is 6.23. The second kappa shape index (κ2) is 10.3. The summed E-state index contributed by atoms with van der Waals surface area (Å²) in [5.41, 5.74) is 0.222. The van der Waals surface area contributed by atoms with Crippen molar-refractivity contribution in [1.82, 2.24) is 5.32 Å². The highest BCUT2D eigenvalue weighted by Gasteiger charge is 2.51. The molecule has 0 spiro atoms. The van der Waals surface area contributed by atoms with Gasteiger partial charge in [-0.05, 0) is 68.9 Å². The van der Waals surface area contributed by atoms with E-state index in [1.165, 1.54) is 0 Å². The van der Waals surface area contributed by atoms with Gasteiger partial charge in [0, 0.05) is 6.04 Å². The second-order valence-corrected chi connectivity index (χ2v) is 9.11. The van der Waals surface area contributed by atoms with Gasteiger partial charge in [0.2, 0.25) is 0 Å². The van der Waals surface area contributed by atoms with Gasteiger partial charge in [-0.3, -0.25) is 4.79 Å². The van der Waals surface area contributed by atoms with E-state index in [1.54, 1.807) is 0 Å². The first-order chi connectivity index (χ1) is 14.1. The predicted octanol–water partition coefficient (Wildman–Crippen LogP) is 4.33. The van der Waals surface area contributed by atoms with Crippen LogP contribution < -0.4 is 15.5 Å². The number of fused-ring (bicyclic) bond motifs is 1. The summed E-state index contributed by atoms with van der Waals surface area (Å²) >= 11 is 0. The molecule has 1 aliphatic heterocycles. The molecule has 1 fully saturated rings. The van der Waals surface area contributed by atoms with E-state index in [9.17, 15) is 4.79 Å². The maximum atomic E-state index is 12.2. The van der Waals surface area contributed by atoms with Gasteiger partial charge in [0.05, 0.1) is 11.2 Å². The van der Waals surface area contributed by atoms with Crippen LogP contribution in [0.5, 0.6) is 5.75 Å². The van der Waals surface area contributed by atoms with Gasteiger partial charge in [0.25, 0.3) is 5.91 Å². The highest BCUT2D eigenvalue weighted by atomic mass is 32.1. The molecule has 31 heavy (non-hydrogen) atoms. The molecular formula is C24H36BNO4S. The standard InChI is InChI=1S/C24H34BNO4.H2S/c1-7-9-20(8-2)26-22(27)16-28-21-13-11-17-10-12-19(14-18(17)15-21)25-29-23(3,4)24(5,6)30-25;/h10-15,20H,7-9,16H2,1-6H3,(H,26,27);1H2. The van der Waals surface area contributed by atoms with Crippen LogP contribution in [0.25, 0.3) is 10.8 Å². The molecule has 5 nitrogen and oxygen atoms in total. The zero-order valence-corrected chi connectivity index (χ0v) is 20.6. The molecule has 2 aromatic carbocycles. The van der Waals surface area contributed by atoms with Crippen LogP contribution in [0, 0.1) is 0 Å². The highest BCUT2D eigenvalue weighted by Crippen LogP contribution is 2.36. The fourth-order valence-corrected chi connectivity index (χ4v) is 3.60. The van der Waals surface area contributed by atoms with Crippen molar-refractivity contribution >= 4 is 42.8 Å². The van der Waals surface area contributed by atoms with Gasteiger partial charge in [-0.2, -0.15) is 13.5 Å². The van der Waals surface area contributed by atoms with Crippen molar-refractivity contribution in [2.75, 3.05) is 6.61 Å². The summed E-state index contributed by atoms with van der Waals surface area (Å²) < 4.78 is 18.1. The Balaban J connectivity index is 0.00000341. The Morgan fingerprint density at radius 2 is 1.68 bits per heavy atom. The van der Waals surface area contributed by atoms with E-state index in [-0.39, 0.29) is 43.3 Å². The first-order valence-corrected chi connectivity index (χ1v) is 11.0. The second-order valence-electron chi connectivity index (χ2n) is 9.11. The number of hydrogen-bond acceptors (Lipinski definition) is 4. The van der Waals surface area contributed by atoms with Crippen LogP contribution >= 0.6 is 13.5 Å². The van der Waals surface area contributed by atoms with Crippen molar-refractivity contribution in [3.63, 3.8) is 0 Å². The van der Waals surface area contributed by atoms with Crippen molar-refractivity contribution in [3.05, 3.63) is 36.4 Å². The van der Waals surface area contributed by atoms with Crippen LogP contribution in [-0.2, 0) is 14.1 Å². The van der Waals surface area contributed by atoms with E-state index in [0.717, 1.165) is 35.5 Å². The molecule has 3 rings (SSSR count). The van der Waals surface area contributed by atoms with Crippen LogP contribution in [0.2, 0.25) is 0 Å². The minimum Gasteiger partial charge on any atom is -0.484 e. The molecule has 1 unspecified atom stereocenters. The lowest BCUT2D eigenvalue weighted by molar-refractivity contribution is -0.123. The van der Waals surface area contributed by atoms with Crippen molar-refractivity contribution in [3.8, 4) is 5.75 Å². The molecule has 7 heteroatoms. The first kappa shape index (κ1) is 25.6. The zero-order chi connectivity index (χ0) is 21.9. The molecule has 0 saturated carbocycles. The number of rotatable bonds is 8. The molecule has 2 aromatic rings. The molecule has 1 heterocycles. The number of hydrogen-bond donors (Lipinski definition) is 1. The highest BCUT2D eigenvalue weighted by molar-refractivity contribution is 7.59. The molecule has 0 radical (unpaired) electrons. The van der Waals surface area contributed by atoms with E-state index >= 15 is 0 Å². The third kappa shape index (κ3) is 5.96. The van der Waals surface area contributed by atoms with Crippen LogP contribution in [0.1, 0.15) is 60.8 Å². The quantitative estimate of drug-likeness (QED) is 0.615. The SMILES string of the molecule is CCCC(CC)NC(=O)COc1ccc2ccc(B3OC(C)(C)C(C)(C)O3)cc2c1.S. The fourth-order valence-electron chi connectivity index (χ4n) is 3.60. The summed E-state index contributed by atoms with van der Waals surface area (Å²) in [5, 5.41) is 5.16. The van der Waals surface area contributed by atoms with E-state index in [2.05, 4.69) is 59.0 Å². The Labute approximate surface area is 193 Å². The lowest BCUT2D eigenvalue weighted by atomic mass is 9.78. The molecular weight excluding hydrogens is 409 g/mol. The number of nitrogens with one attached hydrogen (secondary N) is 1. The lowest BCUT2D eigenvalue weighted by Crippen LogP contribution is -2.41. The normalized spacial score (nSPS) is 17.8. The smallest absolute Gasteiger partial charge is 0.484 e. The summed E-state index contributed by atoms with van der Waals surface area (Å²) in [5.74, 6) is 0.591. The monoisotopic (exact) mass is 445 g/mol. The summed E-state index contributed by atoms with van der Waals surface area (Å²) in [6.07, 6.45) is 2.96. The minimum atomic E-state index is -0.403. The third-order valence-corrected chi connectivity index (χ3v) is 6.23. The number of amides is 1. The van der Waals surface area contributed by atoms with Crippen molar-refractivity contribution in [2.45, 2.75) is 78.0 Å². The predicted molar refractivity (Wildman–Crippen MR) is 133 cm³/mol. The maximum Gasteiger partial charge on any atom is 0.494 e. The average molecular weight is 445 g/mol. The van der Waals surface area contributed by atoms with Crippen molar-refractivity contribution in [1.29, 1.82) is 0 Å². The molecule has 1 saturated heterocycles. The molecule has 0 aliphatic carbocycles.